The fourth-order valence-corrected chi connectivity index (χ4v) is 4.58. The highest BCUT2D eigenvalue weighted by Gasteiger charge is 2.17. The molecule has 1 N–H and O–H groups in total. The second-order valence-electron chi connectivity index (χ2n) is 5.27. The van der Waals surface area contributed by atoms with Gasteiger partial charge in [-0.1, -0.05) is 19.8 Å². The Morgan fingerprint density at radius 1 is 1.33 bits per heavy atom. The molecule has 0 heterocycles. The monoisotopic (exact) mass is 293 g/mol. The minimum atomic E-state index is -2.80. The van der Waals surface area contributed by atoms with Crippen LogP contribution in [0, 0.1) is 0 Å². The number of thioether (sulfide) groups is 1. The fourth-order valence-electron chi connectivity index (χ4n) is 2.43. The molecule has 0 aromatic rings. The molecule has 1 fully saturated rings. The fraction of sp³-hybridized carbons (Fsp3) is 1.00. The van der Waals surface area contributed by atoms with Crippen LogP contribution < -0.4 is 5.32 Å². The molecule has 0 spiro atoms. The number of hydrogen-bond acceptors (Lipinski definition) is 4. The van der Waals surface area contributed by atoms with Gasteiger partial charge in [0.25, 0.3) is 0 Å². The summed E-state index contributed by atoms with van der Waals surface area (Å²) in [6.07, 6.45) is 8.58. The topological polar surface area (TPSA) is 46.2 Å². The van der Waals surface area contributed by atoms with Crippen LogP contribution in [0.3, 0.4) is 0 Å². The van der Waals surface area contributed by atoms with E-state index in [-0.39, 0.29) is 0 Å². The Balaban J connectivity index is 2.21. The zero-order valence-electron chi connectivity index (χ0n) is 11.7. The van der Waals surface area contributed by atoms with E-state index in [2.05, 4.69) is 24.0 Å². The maximum atomic E-state index is 11.1. The van der Waals surface area contributed by atoms with E-state index in [1.807, 2.05) is 0 Å². The average molecular weight is 293 g/mol. The first-order valence-electron chi connectivity index (χ1n) is 7.04. The van der Waals surface area contributed by atoms with Crippen LogP contribution in [-0.2, 0) is 9.84 Å². The van der Waals surface area contributed by atoms with Gasteiger partial charge in [-0.05, 0) is 32.2 Å². The van der Waals surface area contributed by atoms with Crippen molar-refractivity contribution in [2.24, 2.45) is 0 Å². The van der Waals surface area contributed by atoms with Crippen LogP contribution in [0.15, 0.2) is 0 Å². The minimum absolute atomic E-state index is 0.322. The van der Waals surface area contributed by atoms with Crippen molar-refractivity contribution in [2.45, 2.75) is 56.7 Å². The smallest absolute Gasteiger partial charge is 0.147 e. The first kappa shape index (κ1) is 16.3. The molecular formula is C13H27NO2S2. The Labute approximate surface area is 116 Å². The van der Waals surface area contributed by atoms with Crippen LogP contribution in [-0.4, -0.2) is 44.0 Å². The molecule has 1 rings (SSSR count). The van der Waals surface area contributed by atoms with Crippen molar-refractivity contribution >= 4 is 21.6 Å². The summed E-state index contributed by atoms with van der Waals surface area (Å²) >= 11 is 2.08. The van der Waals surface area contributed by atoms with Crippen LogP contribution in [0.2, 0.25) is 0 Å². The van der Waals surface area contributed by atoms with Gasteiger partial charge >= 0.3 is 0 Å². The normalized spacial score (nSPS) is 19.2. The summed E-state index contributed by atoms with van der Waals surface area (Å²) < 4.78 is 22.2. The summed E-state index contributed by atoms with van der Waals surface area (Å²) in [5.41, 5.74) is 0. The summed E-state index contributed by atoms with van der Waals surface area (Å²) in [5.74, 6) is 1.45. The zero-order chi connectivity index (χ0) is 13.4. The lowest BCUT2D eigenvalue weighted by Crippen LogP contribution is -2.32. The third-order valence-electron chi connectivity index (χ3n) is 3.40. The summed E-state index contributed by atoms with van der Waals surface area (Å²) in [4.78, 5) is 0. The Morgan fingerprint density at radius 2 is 2.00 bits per heavy atom. The van der Waals surface area contributed by atoms with Gasteiger partial charge in [-0.2, -0.15) is 11.8 Å². The van der Waals surface area contributed by atoms with Gasteiger partial charge in [0, 0.05) is 29.1 Å². The lowest BCUT2D eigenvalue weighted by molar-refractivity contribution is 0.527. The van der Waals surface area contributed by atoms with E-state index in [1.165, 1.54) is 31.9 Å². The van der Waals surface area contributed by atoms with Crippen LogP contribution in [0.25, 0.3) is 0 Å². The van der Waals surface area contributed by atoms with Crippen molar-refractivity contribution in [1.82, 2.24) is 5.32 Å². The summed E-state index contributed by atoms with van der Waals surface area (Å²) in [6, 6.07) is 0.474. The van der Waals surface area contributed by atoms with Gasteiger partial charge in [-0.25, -0.2) is 8.42 Å². The number of nitrogens with one attached hydrogen (secondary N) is 1. The van der Waals surface area contributed by atoms with Crippen LogP contribution in [0.4, 0.5) is 0 Å². The number of hydrogen-bond donors (Lipinski definition) is 1. The van der Waals surface area contributed by atoms with Gasteiger partial charge in [-0.3, -0.25) is 0 Å². The highest BCUT2D eigenvalue weighted by molar-refractivity contribution is 7.99. The highest BCUT2D eigenvalue weighted by Crippen LogP contribution is 2.30. The van der Waals surface area contributed by atoms with Gasteiger partial charge < -0.3 is 5.32 Å². The number of rotatable bonds is 9. The quantitative estimate of drug-likeness (QED) is 0.709. The Bertz CT molecular complexity index is 311. The molecule has 0 radical (unpaired) electrons. The SMILES string of the molecule is CCNC(CCCS(C)(=O)=O)CSC1CCCC1. The van der Waals surface area contributed by atoms with Crippen molar-refractivity contribution in [3.8, 4) is 0 Å². The second kappa shape index (κ2) is 8.43. The summed E-state index contributed by atoms with van der Waals surface area (Å²) in [7, 11) is -2.80. The molecule has 1 aliphatic carbocycles. The standard InChI is InChI=1S/C13H27NO2S2/c1-3-14-12(7-6-10-18(2,15)16)11-17-13-8-4-5-9-13/h12-14H,3-11H2,1-2H3. The van der Waals surface area contributed by atoms with Crippen LogP contribution in [0.5, 0.6) is 0 Å². The lowest BCUT2D eigenvalue weighted by atomic mass is 10.2. The Morgan fingerprint density at radius 3 is 2.56 bits per heavy atom. The van der Waals surface area contributed by atoms with Gasteiger partial charge in [0.05, 0.1) is 0 Å². The van der Waals surface area contributed by atoms with E-state index in [1.54, 1.807) is 0 Å². The molecule has 1 saturated carbocycles. The van der Waals surface area contributed by atoms with Gasteiger partial charge in [-0.15, -0.1) is 0 Å². The lowest BCUT2D eigenvalue weighted by Gasteiger charge is -2.19. The predicted octanol–water partition coefficient (Wildman–Crippen LogP) is 2.47. The van der Waals surface area contributed by atoms with Crippen molar-refractivity contribution in [1.29, 1.82) is 0 Å². The summed E-state index contributed by atoms with van der Waals surface area (Å²) in [6.45, 7) is 3.08. The molecule has 0 aliphatic heterocycles. The third-order valence-corrected chi connectivity index (χ3v) is 5.96. The summed E-state index contributed by atoms with van der Waals surface area (Å²) in [5, 5.41) is 4.33. The molecule has 1 unspecified atom stereocenters. The first-order chi connectivity index (χ1) is 8.51. The van der Waals surface area contributed by atoms with Crippen LogP contribution >= 0.6 is 11.8 Å². The van der Waals surface area contributed by atoms with E-state index < -0.39 is 9.84 Å². The average Bonchev–Trinajstić information content (AvgIpc) is 2.77. The maximum Gasteiger partial charge on any atom is 0.147 e. The molecule has 0 aromatic carbocycles. The third kappa shape index (κ3) is 7.64. The van der Waals surface area contributed by atoms with E-state index in [4.69, 9.17) is 0 Å². The largest absolute Gasteiger partial charge is 0.313 e. The Hall–Kier alpha value is 0.260. The van der Waals surface area contributed by atoms with Crippen molar-refractivity contribution < 1.29 is 8.42 Å². The molecule has 18 heavy (non-hydrogen) atoms. The van der Waals surface area contributed by atoms with E-state index in [9.17, 15) is 8.42 Å². The maximum absolute atomic E-state index is 11.1. The highest BCUT2D eigenvalue weighted by atomic mass is 32.2. The Kier molecular flexibility index (Phi) is 7.64. The first-order valence-corrected chi connectivity index (χ1v) is 10.1. The van der Waals surface area contributed by atoms with Crippen molar-refractivity contribution in [3.63, 3.8) is 0 Å². The van der Waals surface area contributed by atoms with E-state index in [0.717, 1.165) is 30.4 Å². The molecule has 3 nitrogen and oxygen atoms in total. The zero-order valence-corrected chi connectivity index (χ0v) is 13.3. The minimum Gasteiger partial charge on any atom is -0.313 e. The molecule has 1 atom stereocenters. The second-order valence-corrected chi connectivity index (χ2v) is 8.86. The van der Waals surface area contributed by atoms with Gasteiger partial charge in [0.2, 0.25) is 0 Å². The van der Waals surface area contributed by atoms with Crippen LogP contribution in [0.1, 0.15) is 45.4 Å². The van der Waals surface area contributed by atoms with E-state index in [0.29, 0.717) is 11.8 Å². The van der Waals surface area contributed by atoms with Gasteiger partial charge in [0.1, 0.15) is 9.84 Å². The molecule has 1 aliphatic rings. The molecule has 108 valence electrons. The predicted molar refractivity (Wildman–Crippen MR) is 81.1 cm³/mol. The molecule has 0 saturated heterocycles. The molecule has 0 amide bonds. The molecule has 0 bridgehead atoms. The molecular weight excluding hydrogens is 266 g/mol. The number of sulfone groups is 1. The van der Waals surface area contributed by atoms with Crippen molar-refractivity contribution in [2.75, 3.05) is 24.3 Å². The van der Waals surface area contributed by atoms with E-state index >= 15 is 0 Å². The molecule has 5 heteroatoms. The van der Waals surface area contributed by atoms with Crippen molar-refractivity contribution in [3.05, 3.63) is 0 Å². The molecule has 0 aromatic heterocycles. The van der Waals surface area contributed by atoms with Gasteiger partial charge in [0.15, 0.2) is 0 Å².